The Morgan fingerprint density at radius 1 is 1.55 bits per heavy atom. The van der Waals surface area contributed by atoms with Crippen LogP contribution in [0.15, 0.2) is 12.3 Å². The first-order valence-electron chi connectivity index (χ1n) is 6.46. The molecule has 0 bridgehead atoms. The molecule has 0 aliphatic carbocycles. The van der Waals surface area contributed by atoms with Gasteiger partial charge in [0.05, 0.1) is 0 Å². The zero-order valence-electron chi connectivity index (χ0n) is 11.9. The van der Waals surface area contributed by atoms with E-state index in [1.54, 1.807) is 0 Å². The molecule has 0 amide bonds. The summed E-state index contributed by atoms with van der Waals surface area (Å²) in [5.74, 6) is -1.54. The van der Waals surface area contributed by atoms with Crippen molar-refractivity contribution in [2.75, 3.05) is 0 Å². The zero-order chi connectivity index (χ0) is 15.3. The Hall–Kier alpha value is -1.20. The van der Waals surface area contributed by atoms with Crippen molar-refractivity contribution in [2.24, 2.45) is 5.41 Å². The lowest BCUT2D eigenvalue weighted by Crippen LogP contribution is -2.37. The van der Waals surface area contributed by atoms with Gasteiger partial charge in [-0.1, -0.05) is 32.4 Å². The monoisotopic (exact) mass is 302 g/mol. The number of carbonyl (C=O) groups is 1. The van der Waals surface area contributed by atoms with Crippen molar-refractivity contribution >= 4 is 17.6 Å². The highest BCUT2D eigenvalue weighted by atomic mass is 35.5. The van der Waals surface area contributed by atoms with Gasteiger partial charge in [-0.3, -0.25) is 4.79 Å². The average molecular weight is 303 g/mol. The number of carboxylic acids is 1. The fourth-order valence-electron chi connectivity index (χ4n) is 1.71. The van der Waals surface area contributed by atoms with Gasteiger partial charge in [-0.05, 0) is 24.3 Å². The van der Waals surface area contributed by atoms with Gasteiger partial charge in [-0.15, -0.1) is 0 Å². The third-order valence-electron chi connectivity index (χ3n) is 2.95. The van der Waals surface area contributed by atoms with E-state index in [0.29, 0.717) is 12.0 Å². The summed E-state index contributed by atoms with van der Waals surface area (Å²) in [6.45, 7) is 6.26. The number of carboxylic acid groups (broad SMARTS) is 1. The fourth-order valence-corrected chi connectivity index (χ4v) is 1.89. The normalized spacial score (nSPS) is 13.2. The fraction of sp³-hybridized carbons (Fsp3) is 0.571. The molecule has 0 saturated carbocycles. The smallest absolute Gasteiger partial charge is 0.320 e. The first kappa shape index (κ1) is 16.9. The second-order valence-corrected chi connectivity index (χ2v) is 6.30. The van der Waals surface area contributed by atoms with Gasteiger partial charge in [0.1, 0.15) is 6.04 Å². The Labute approximate surface area is 123 Å². The molecule has 2 N–H and O–H groups in total. The summed E-state index contributed by atoms with van der Waals surface area (Å²) in [4.78, 5) is 14.8. The van der Waals surface area contributed by atoms with Gasteiger partial charge < -0.3 is 10.4 Å². The molecule has 4 nitrogen and oxygen atoms in total. The van der Waals surface area contributed by atoms with Crippen LogP contribution in [0.1, 0.15) is 39.2 Å². The van der Waals surface area contributed by atoms with Crippen LogP contribution < -0.4 is 5.32 Å². The van der Waals surface area contributed by atoms with E-state index in [1.165, 1.54) is 12.3 Å². The minimum Gasteiger partial charge on any atom is -0.480 e. The van der Waals surface area contributed by atoms with E-state index in [9.17, 15) is 14.3 Å². The zero-order valence-corrected chi connectivity index (χ0v) is 12.7. The molecule has 0 saturated heterocycles. The quantitative estimate of drug-likeness (QED) is 0.792. The van der Waals surface area contributed by atoms with E-state index in [2.05, 4.69) is 10.3 Å². The van der Waals surface area contributed by atoms with Crippen LogP contribution in [0, 0.1) is 11.2 Å². The molecular formula is C14H20ClFN2O2. The third kappa shape index (κ3) is 5.43. The number of rotatable bonds is 6. The minimum absolute atomic E-state index is 0.0562. The summed E-state index contributed by atoms with van der Waals surface area (Å²) in [6, 6.07) is 0.775. The summed E-state index contributed by atoms with van der Waals surface area (Å²) in [5.41, 5.74) is 0.368. The molecule has 6 heteroatoms. The lowest BCUT2D eigenvalue weighted by Gasteiger charge is -2.21. The van der Waals surface area contributed by atoms with E-state index in [1.807, 2.05) is 20.8 Å². The van der Waals surface area contributed by atoms with Crippen molar-refractivity contribution < 1.29 is 14.3 Å². The Balaban J connectivity index is 2.63. The first-order chi connectivity index (χ1) is 9.20. The third-order valence-corrected chi connectivity index (χ3v) is 3.21. The van der Waals surface area contributed by atoms with Crippen molar-refractivity contribution in [3.63, 3.8) is 0 Å². The molecule has 0 aromatic carbocycles. The van der Waals surface area contributed by atoms with Crippen LogP contribution in [0.4, 0.5) is 4.39 Å². The van der Waals surface area contributed by atoms with Crippen molar-refractivity contribution in [1.29, 1.82) is 0 Å². The predicted molar refractivity (Wildman–Crippen MR) is 76.2 cm³/mol. The van der Waals surface area contributed by atoms with E-state index in [0.717, 1.165) is 6.42 Å². The molecule has 0 fully saturated rings. The van der Waals surface area contributed by atoms with Crippen LogP contribution in [0.3, 0.4) is 0 Å². The Morgan fingerprint density at radius 3 is 2.75 bits per heavy atom. The number of halogens is 2. The molecule has 1 rings (SSSR count). The standard InChI is InChI=1S/C14H20ClFN2O2/c1-14(2,3)6-4-10(13(19)20)18-8-9-5-7-17-12(15)11(9)16/h5,7,10,18H,4,6,8H2,1-3H3,(H,19,20)/t10-/m0/s1. The summed E-state index contributed by atoms with van der Waals surface area (Å²) in [7, 11) is 0. The second-order valence-electron chi connectivity index (χ2n) is 5.95. The number of pyridine rings is 1. The Morgan fingerprint density at radius 2 is 2.20 bits per heavy atom. The van der Waals surface area contributed by atoms with Gasteiger partial charge >= 0.3 is 5.97 Å². The summed E-state index contributed by atoms with van der Waals surface area (Å²) in [5, 5.41) is 11.8. The number of hydrogen-bond acceptors (Lipinski definition) is 3. The molecule has 0 radical (unpaired) electrons. The number of aliphatic carboxylic acids is 1. The maximum Gasteiger partial charge on any atom is 0.320 e. The van der Waals surface area contributed by atoms with Crippen molar-refractivity contribution in [1.82, 2.24) is 10.3 Å². The topological polar surface area (TPSA) is 62.2 Å². The Bertz CT molecular complexity index is 475. The SMILES string of the molecule is CC(C)(C)CC[C@H](NCc1ccnc(Cl)c1F)C(=O)O. The van der Waals surface area contributed by atoms with E-state index >= 15 is 0 Å². The van der Waals surface area contributed by atoms with Crippen molar-refractivity contribution in [3.8, 4) is 0 Å². The Kier molecular flexibility index (Phi) is 5.89. The molecule has 0 aliphatic heterocycles. The first-order valence-corrected chi connectivity index (χ1v) is 6.83. The van der Waals surface area contributed by atoms with E-state index < -0.39 is 17.8 Å². The maximum atomic E-state index is 13.6. The molecule has 1 aromatic rings. The molecule has 20 heavy (non-hydrogen) atoms. The summed E-state index contributed by atoms with van der Waals surface area (Å²) < 4.78 is 13.6. The van der Waals surface area contributed by atoms with Gasteiger partial charge in [-0.2, -0.15) is 0 Å². The van der Waals surface area contributed by atoms with Crippen molar-refractivity contribution in [3.05, 3.63) is 28.8 Å². The van der Waals surface area contributed by atoms with Crippen LogP contribution in [-0.4, -0.2) is 22.1 Å². The number of nitrogens with one attached hydrogen (secondary N) is 1. The molecule has 0 aliphatic rings. The van der Waals surface area contributed by atoms with Gasteiger partial charge in [0.25, 0.3) is 0 Å². The van der Waals surface area contributed by atoms with Gasteiger partial charge in [0.2, 0.25) is 0 Å². The number of aromatic nitrogens is 1. The van der Waals surface area contributed by atoms with Crippen LogP contribution in [0.2, 0.25) is 5.15 Å². The van der Waals surface area contributed by atoms with E-state index in [-0.39, 0.29) is 17.1 Å². The largest absolute Gasteiger partial charge is 0.480 e. The van der Waals surface area contributed by atoms with Crippen molar-refractivity contribution in [2.45, 2.75) is 46.2 Å². The number of nitrogens with zero attached hydrogens (tertiary/aromatic N) is 1. The molecule has 0 spiro atoms. The van der Waals surface area contributed by atoms with Crippen LogP contribution in [-0.2, 0) is 11.3 Å². The average Bonchev–Trinajstić information content (AvgIpc) is 2.32. The molecule has 1 atom stereocenters. The molecular weight excluding hydrogens is 283 g/mol. The van der Waals surface area contributed by atoms with Crippen LogP contribution >= 0.6 is 11.6 Å². The predicted octanol–water partition coefficient (Wildman–Crippen LogP) is 3.24. The van der Waals surface area contributed by atoms with Gasteiger partial charge in [-0.25, -0.2) is 9.37 Å². The molecule has 112 valence electrons. The van der Waals surface area contributed by atoms with Gasteiger partial charge in [0.15, 0.2) is 11.0 Å². The van der Waals surface area contributed by atoms with Crippen LogP contribution in [0.25, 0.3) is 0 Å². The molecule has 0 unspecified atom stereocenters. The minimum atomic E-state index is -0.935. The van der Waals surface area contributed by atoms with E-state index in [4.69, 9.17) is 11.6 Å². The summed E-state index contributed by atoms with van der Waals surface area (Å²) >= 11 is 5.58. The second kappa shape index (κ2) is 6.99. The van der Waals surface area contributed by atoms with Gasteiger partial charge in [0, 0.05) is 18.3 Å². The number of hydrogen-bond donors (Lipinski definition) is 2. The molecule has 1 heterocycles. The summed E-state index contributed by atoms with van der Waals surface area (Å²) in [6.07, 6.45) is 2.64. The highest BCUT2D eigenvalue weighted by Gasteiger charge is 2.21. The molecule has 1 aromatic heterocycles. The highest BCUT2D eigenvalue weighted by molar-refractivity contribution is 6.29. The lowest BCUT2D eigenvalue weighted by molar-refractivity contribution is -0.139. The van der Waals surface area contributed by atoms with Crippen LogP contribution in [0.5, 0.6) is 0 Å². The lowest BCUT2D eigenvalue weighted by atomic mass is 9.88. The highest BCUT2D eigenvalue weighted by Crippen LogP contribution is 2.22. The maximum absolute atomic E-state index is 13.6.